The number of carboxylic acids is 1. The summed E-state index contributed by atoms with van der Waals surface area (Å²) in [5, 5.41) is 12.2. The minimum absolute atomic E-state index is 0.0674. The van der Waals surface area contributed by atoms with Crippen LogP contribution in [0.3, 0.4) is 0 Å². The van der Waals surface area contributed by atoms with E-state index in [9.17, 15) is 41.8 Å². The Bertz CT molecular complexity index is 1610. The van der Waals surface area contributed by atoms with Crippen molar-refractivity contribution < 1.29 is 41.0 Å². The number of hydrogen-bond acceptors (Lipinski definition) is 4. The van der Waals surface area contributed by atoms with Crippen LogP contribution in [-0.2, 0) is 19.3 Å². The number of halogens is 6. The minimum atomic E-state index is -5.20. The zero-order valence-electron chi connectivity index (χ0n) is 19.9. The van der Waals surface area contributed by atoms with Gasteiger partial charge in [0.05, 0.1) is 17.8 Å². The topological polar surface area (TPSA) is 114 Å². The van der Waals surface area contributed by atoms with Crippen LogP contribution in [-0.4, -0.2) is 39.3 Å². The van der Waals surface area contributed by atoms with Gasteiger partial charge >= 0.3 is 23.9 Å². The lowest BCUT2D eigenvalue weighted by atomic mass is 10.0. The first kappa shape index (κ1) is 27.5. The highest BCUT2D eigenvalue weighted by Gasteiger charge is 2.37. The van der Waals surface area contributed by atoms with Gasteiger partial charge in [-0.25, -0.2) is 27.6 Å². The number of alkyl halides is 3. The van der Waals surface area contributed by atoms with Crippen molar-refractivity contribution in [2.24, 2.45) is 0 Å². The van der Waals surface area contributed by atoms with Gasteiger partial charge in [-0.15, -0.1) is 0 Å². The first-order chi connectivity index (χ1) is 18.3. The number of anilines is 1. The van der Waals surface area contributed by atoms with E-state index in [0.29, 0.717) is 22.8 Å². The molecule has 206 valence electrons. The highest BCUT2D eigenvalue weighted by Crippen LogP contribution is 2.35. The molecule has 0 atom stereocenters. The van der Waals surface area contributed by atoms with Crippen LogP contribution in [0.15, 0.2) is 39.9 Å². The molecule has 1 aliphatic heterocycles. The predicted molar refractivity (Wildman–Crippen MR) is 124 cm³/mol. The normalized spacial score (nSPS) is 13.6. The Morgan fingerprint density at radius 1 is 1.03 bits per heavy atom. The van der Waals surface area contributed by atoms with Gasteiger partial charge in [-0.3, -0.25) is 18.8 Å². The van der Waals surface area contributed by atoms with Gasteiger partial charge in [0.1, 0.15) is 17.1 Å². The van der Waals surface area contributed by atoms with Gasteiger partial charge in [-0.1, -0.05) is 12.1 Å². The fraction of sp³-hybridized carbons (Fsp3) is 0.250. The number of hydrogen-bond donors (Lipinski definition) is 2. The molecule has 2 amide bonds. The largest absolute Gasteiger partial charge is 0.477 e. The molecule has 1 saturated heterocycles. The number of carboxylic acid groups (broad SMARTS) is 1. The number of nitrogens with zero attached hydrogens (tertiary/aromatic N) is 3. The number of rotatable bonds is 6. The van der Waals surface area contributed by atoms with Gasteiger partial charge in [0.15, 0.2) is 11.6 Å². The monoisotopic (exact) mass is 556 g/mol. The number of aromatic nitrogens is 2. The Morgan fingerprint density at radius 2 is 1.67 bits per heavy atom. The van der Waals surface area contributed by atoms with E-state index in [2.05, 4.69) is 5.32 Å². The van der Waals surface area contributed by atoms with E-state index >= 15 is 8.78 Å². The van der Waals surface area contributed by atoms with E-state index in [1.54, 1.807) is 0 Å². The van der Waals surface area contributed by atoms with Crippen molar-refractivity contribution in [1.82, 2.24) is 14.5 Å². The Balaban J connectivity index is 1.97. The zero-order chi connectivity index (χ0) is 28.8. The van der Waals surface area contributed by atoms with Crippen LogP contribution in [0.4, 0.5) is 36.8 Å². The van der Waals surface area contributed by atoms with Crippen molar-refractivity contribution in [3.63, 3.8) is 0 Å². The second kappa shape index (κ2) is 9.96. The van der Waals surface area contributed by atoms with Crippen LogP contribution in [0.5, 0.6) is 0 Å². The molecule has 3 aromatic rings. The smallest absolute Gasteiger partial charge is 0.419 e. The van der Waals surface area contributed by atoms with Crippen molar-refractivity contribution >= 4 is 17.7 Å². The SMILES string of the molecule is CCn1c(-c2cc(F)c(N3CCNC3=O)c(F)c2)c(C(=O)O)c(=O)n(Cc2cccc(F)c2C(F)(F)F)c1=O. The van der Waals surface area contributed by atoms with Crippen molar-refractivity contribution in [2.75, 3.05) is 18.0 Å². The number of aromatic carboxylic acids is 1. The molecule has 1 aromatic heterocycles. The number of urea groups is 1. The molecule has 0 aliphatic carbocycles. The zero-order valence-corrected chi connectivity index (χ0v) is 19.9. The molecule has 39 heavy (non-hydrogen) atoms. The van der Waals surface area contributed by atoms with Gasteiger partial charge in [0.25, 0.3) is 5.56 Å². The third-order valence-corrected chi connectivity index (χ3v) is 6.09. The first-order valence-corrected chi connectivity index (χ1v) is 11.3. The molecule has 0 unspecified atom stereocenters. The number of amides is 2. The average molecular weight is 556 g/mol. The molecular formula is C24H18F6N4O5. The summed E-state index contributed by atoms with van der Waals surface area (Å²) in [5.74, 6) is -6.21. The fourth-order valence-corrected chi connectivity index (χ4v) is 4.46. The molecule has 2 heterocycles. The highest BCUT2D eigenvalue weighted by molar-refractivity contribution is 5.96. The van der Waals surface area contributed by atoms with Crippen LogP contribution in [0.1, 0.15) is 28.4 Å². The number of carbonyl (C=O) groups excluding carboxylic acids is 1. The number of carbonyl (C=O) groups is 2. The first-order valence-electron chi connectivity index (χ1n) is 11.3. The summed E-state index contributed by atoms with van der Waals surface area (Å²) in [6.07, 6.45) is -5.20. The second-order valence-corrected chi connectivity index (χ2v) is 8.39. The maximum Gasteiger partial charge on any atom is 0.419 e. The summed E-state index contributed by atoms with van der Waals surface area (Å²) in [6.45, 7) is -0.149. The molecule has 2 aromatic carbocycles. The van der Waals surface area contributed by atoms with Crippen molar-refractivity contribution in [1.29, 1.82) is 0 Å². The third kappa shape index (κ3) is 4.75. The van der Waals surface area contributed by atoms with Gasteiger partial charge in [-0.2, -0.15) is 13.2 Å². The maximum absolute atomic E-state index is 15.0. The van der Waals surface area contributed by atoms with Crippen LogP contribution in [0, 0.1) is 17.5 Å². The number of nitrogens with one attached hydrogen (secondary N) is 1. The van der Waals surface area contributed by atoms with Crippen LogP contribution in [0.2, 0.25) is 0 Å². The number of benzene rings is 2. The van der Waals surface area contributed by atoms with E-state index in [1.807, 2.05) is 0 Å². The summed E-state index contributed by atoms with van der Waals surface area (Å²) in [6, 6.07) is 2.76. The van der Waals surface area contributed by atoms with Gasteiger partial charge in [0, 0.05) is 25.2 Å². The standard InChI is InChI=1S/C24H18F6N4O5/c1-2-32-18(12-8-14(26)19(15(27)9-12)33-7-6-31-22(33)38)16(21(36)37)20(35)34(23(32)39)10-11-4-3-5-13(25)17(11)24(28,29)30/h3-5,8-9H,2,6-7,10H2,1H3,(H,31,38)(H,36,37). The lowest BCUT2D eigenvalue weighted by Crippen LogP contribution is -2.44. The second-order valence-electron chi connectivity index (χ2n) is 8.39. The van der Waals surface area contributed by atoms with Gasteiger partial charge in [-0.05, 0) is 30.7 Å². The molecule has 0 saturated carbocycles. The summed E-state index contributed by atoms with van der Waals surface area (Å²) in [7, 11) is 0. The minimum Gasteiger partial charge on any atom is -0.477 e. The summed E-state index contributed by atoms with van der Waals surface area (Å²) < 4.78 is 85.4. The average Bonchev–Trinajstić information content (AvgIpc) is 3.25. The fourth-order valence-electron chi connectivity index (χ4n) is 4.46. The molecule has 2 N–H and O–H groups in total. The Kier molecular flexibility index (Phi) is 7.02. The van der Waals surface area contributed by atoms with E-state index in [1.165, 1.54) is 6.92 Å². The van der Waals surface area contributed by atoms with E-state index in [0.717, 1.165) is 17.0 Å². The molecule has 4 rings (SSSR count). The molecule has 9 nitrogen and oxygen atoms in total. The van der Waals surface area contributed by atoms with E-state index in [-0.39, 0.29) is 24.2 Å². The Hall–Kier alpha value is -4.56. The van der Waals surface area contributed by atoms with Crippen molar-refractivity contribution in [3.05, 3.63) is 85.3 Å². The lowest BCUT2D eigenvalue weighted by molar-refractivity contribution is -0.140. The maximum atomic E-state index is 15.0. The van der Waals surface area contributed by atoms with Gasteiger partial charge < -0.3 is 10.4 Å². The van der Waals surface area contributed by atoms with Crippen LogP contribution < -0.4 is 21.5 Å². The third-order valence-electron chi connectivity index (χ3n) is 6.09. The Morgan fingerprint density at radius 3 is 2.18 bits per heavy atom. The molecule has 1 aliphatic rings. The van der Waals surface area contributed by atoms with Crippen LogP contribution >= 0.6 is 0 Å². The van der Waals surface area contributed by atoms with Gasteiger partial charge in [0.2, 0.25) is 0 Å². The quantitative estimate of drug-likeness (QED) is 0.452. The Labute approximate surface area is 214 Å². The summed E-state index contributed by atoms with van der Waals surface area (Å²) in [5.41, 5.74) is -8.60. The molecular weight excluding hydrogens is 538 g/mol. The van der Waals surface area contributed by atoms with Crippen molar-refractivity contribution in [2.45, 2.75) is 26.2 Å². The molecule has 0 spiro atoms. The van der Waals surface area contributed by atoms with E-state index in [4.69, 9.17) is 0 Å². The molecule has 0 bridgehead atoms. The van der Waals surface area contributed by atoms with Crippen LogP contribution in [0.25, 0.3) is 11.3 Å². The lowest BCUT2D eigenvalue weighted by Gasteiger charge is -2.20. The molecule has 0 radical (unpaired) electrons. The highest BCUT2D eigenvalue weighted by atomic mass is 19.4. The summed E-state index contributed by atoms with van der Waals surface area (Å²) >= 11 is 0. The summed E-state index contributed by atoms with van der Waals surface area (Å²) in [4.78, 5) is 51.2. The molecule has 15 heteroatoms. The molecule has 1 fully saturated rings. The van der Waals surface area contributed by atoms with Crippen molar-refractivity contribution in [3.8, 4) is 11.3 Å². The predicted octanol–water partition coefficient (Wildman–Crippen LogP) is 3.41. The van der Waals surface area contributed by atoms with E-state index < -0.39 is 87.1 Å².